The fourth-order valence-electron chi connectivity index (χ4n) is 0.965. The maximum atomic E-state index is 8.53. The van der Waals surface area contributed by atoms with Gasteiger partial charge in [0.2, 0.25) is 0 Å². The van der Waals surface area contributed by atoms with E-state index in [4.69, 9.17) is 11.0 Å². The molecule has 0 amide bonds. The van der Waals surface area contributed by atoms with Gasteiger partial charge in [-0.2, -0.15) is 5.26 Å². The Hall–Kier alpha value is -1.10. The van der Waals surface area contributed by atoms with Crippen molar-refractivity contribution in [1.29, 1.82) is 5.26 Å². The standard InChI is InChI=1S/C11H9BrN2S/c12-6-2-1-3-9-7-10(15-8-13)4-5-11(9)14/h4-5,7H,2,6,14H2. The number of nitrogen functional groups attached to an aromatic ring is 1. The highest BCUT2D eigenvalue weighted by Crippen LogP contribution is 2.21. The molecule has 0 spiro atoms. The molecule has 0 aromatic heterocycles. The van der Waals surface area contributed by atoms with Crippen molar-refractivity contribution in [2.24, 2.45) is 0 Å². The number of thioether (sulfide) groups is 1. The van der Waals surface area contributed by atoms with Gasteiger partial charge in [0.25, 0.3) is 0 Å². The summed E-state index contributed by atoms with van der Waals surface area (Å²) in [5, 5.41) is 11.4. The number of nitrogens with zero attached hydrogens (tertiary/aromatic N) is 1. The Bertz CT molecular complexity index is 440. The van der Waals surface area contributed by atoms with Crippen LogP contribution in [-0.2, 0) is 0 Å². The Morgan fingerprint density at radius 2 is 2.27 bits per heavy atom. The van der Waals surface area contributed by atoms with Gasteiger partial charge in [-0.05, 0) is 30.0 Å². The van der Waals surface area contributed by atoms with Crippen LogP contribution in [0.25, 0.3) is 0 Å². The molecule has 2 nitrogen and oxygen atoms in total. The van der Waals surface area contributed by atoms with E-state index in [1.807, 2.05) is 17.5 Å². The number of thiocyanates is 1. The summed E-state index contributed by atoms with van der Waals surface area (Å²) in [4.78, 5) is 0.870. The summed E-state index contributed by atoms with van der Waals surface area (Å²) < 4.78 is 0. The van der Waals surface area contributed by atoms with Gasteiger partial charge in [0.1, 0.15) is 5.40 Å². The highest BCUT2D eigenvalue weighted by atomic mass is 79.9. The number of benzene rings is 1. The summed E-state index contributed by atoms with van der Waals surface area (Å²) >= 11 is 4.41. The zero-order valence-electron chi connectivity index (χ0n) is 7.96. The second-order valence-corrected chi connectivity index (χ2v) is 4.33. The number of nitriles is 1. The predicted molar refractivity (Wildman–Crippen MR) is 67.6 cm³/mol. The number of hydrogen-bond acceptors (Lipinski definition) is 3. The molecule has 1 aromatic carbocycles. The van der Waals surface area contributed by atoms with E-state index >= 15 is 0 Å². The molecule has 4 heteroatoms. The van der Waals surface area contributed by atoms with Gasteiger partial charge >= 0.3 is 0 Å². The van der Waals surface area contributed by atoms with Crippen molar-refractivity contribution in [2.75, 3.05) is 11.1 Å². The van der Waals surface area contributed by atoms with Crippen molar-refractivity contribution < 1.29 is 0 Å². The van der Waals surface area contributed by atoms with Crippen LogP contribution >= 0.6 is 27.7 Å². The lowest BCUT2D eigenvalue weighted by molar-refractivity contribution is 1.32. The van der Waals surface area contributed by atoms with Gasteiger partial charge in [-0.1, -0.05) is 27.8 Å². The largest absolute Gasteiger partial charge is 0.398 e. The van der Waals surface area contributed by atoms with E-state index in [0.29, 0.717) is 5.69 Å². The average molecular weight is 281 g/mol. The lowest BCUT2D eigenvalue weighted by Gasteiger charge is -1.99. The summed E-state index contributed by atoms with van der Waals surface area (Å²) in [7, 11) is 0. The maximum Gasteiger partial charge on any atom is 0.138 e. The van der Waals surface area contributed by atoms with Crippen molar-refractivity contribution >= 4 is 33.4 Å². The first kappa shape index (κ1) is 12.0. The monoisotopic (exact) mass is 280 g/mol. The van der Waals surface area contributed by atoms with Crippen molar-refractivity contribution in [3.8, 4) is 17.2 Å². The van der Waals surface area contributed by atoms with Crippen LogP contribution in [0.4, 0.5) is 5.69 Å². The molecule has 1 rings (SSSR count). The van der Waals surface area contributed by atoms with Crippen molar-refractivity contribution in [3.05, 3.63) is 23.8 Å². The van der Waals surface area contributed by atoms with Crippen LogP contribution in [0.15, 0.2) is 23.1 Å². The van der Waals surface area contributed by atoms with E-state index in [1.54, 1.807) is 6.07 Å². The molecule has 0 unspecified atom stereocenters. The number of nitrogens with two attached hydrogens (primary N) is 1. The Morgan fingerprint density at radius 3 is 2.93 bits per heavy atom. The van der Waals surface area contributed by atoms with Crippen LogP contribution in [0, 0.1) is 22.5 Å². The normalized spacial score (nSPS) is 8.80. The molecule has 15 heavy (non-hydrogen) atoms. The van der Waals surface area contributed by atoms with E-state index in [9.17, 15) is 0 Å². The van der Waals surface area contributed by atoms with Gasteiger partial charge in [-0.15, -0.1) is 0 Å². The molecule has 76 valence electrons. The van der Waals surface area contributed by atoms with Crippen molar-refractivity contribution in [3.63, 3.8) is 0 Å². The van der Waals surface area contributed by atoms with E-state index < -0.39 is 0 Å². The highest BCUT2D eigenvalue weighted by Gasteiger charge is 1.98. The molecule has 2 N–H and O–H groups in total. The molecule has 0 aliphatic rings. The Labute approximate surface area is 102 Å². The number of rotatable bonds is 2. The zero-order valence-corrected chi connectivity index (χ0v) is 10.4. The summed E-state index contributed by atoms with van der Waals surface area (Å²) in [6.07, 6.45) is 0.787. The van der Waals surface area contributed by atoms with E-state index in [0.717, 1.165) is 34.0 Å². The molecular weight excluding hydrogens is 272 g/mol. The van der Waals surface area contributed by atoms with Gasteiger partial charge in [0.05, 0.1) is 0 Å². The molecular formula is C11H9BrN2S. The fourth-order valence-corrected chi connectivity index (χ4v) is 1.58. The molecule has 0 fully saturated rings. The second kappa shape index (κ2) is 6.40. The van der Waals surface area contributed by atoms with Gasteiger partial charge < -0.3 is 5.73 Å². The van der Waals surface area contributed by atoms with Crippen LogP contribution in [0.3, 0.4) is 0 Å². The Morgan fingerprint density at radius 1 is 1.47 bits per heavy atom. The van der Waals surface area contributed by atoms with Gasteiger partial charge in [0, 0.05) is 27.9 Å². The number of alkyl halides is 1. The number of halogens is 1. The fraction of sp³-hybridized carbons (Fsp3) is 0.182. The first-order valence-electron chi connectivity index (χ1n) is 4.28. The van der Waals surface area contributed by atoms with Gasteiger partial charge in [0.15, 0.2) is 0 Å². The van der Waals surface area contributed by atoms with Crippen LogP contribution in [0.2, 0.25) is 0 Å². The van der Waals surface area contributed by atoms with Crippen LogP contribution in [0.1, 0.15) is 12.0 Å². The molecule has 0 radical (unpaired) electrons. The maximum absolute atomic E-state index is 8.53. The SMILES string of the molecule is N#CSc1ccc(N)c(C#CCCBr)c1. The molecule has 0 bridgehead atoms. The molecule has 0 heterocycles. The quantitative estimate of drug-likeness (QED) is 0.298. The van der Waals surface area contributed by atoms with E-state index in [-0.39, 0.29) is 0 Å². The van der Waals surface area contributed by atoms with Gasteiger partial charge in [-0.25, -0.2) is 0 Å². The summed E-state index contributed by atoms with van der Waals surface area (Å²) in [6, 6.07) is 5.43. The summed E-state index contributed by atoms with van der Waals surface area (Å²) in [5.74, 6) is 5.98. The summed E-state index contributed by atoms with van der Waals surface area (Å²) in [6.45, 7) is 0. The molecule has 0 saturated heterocycles. The third-order valence-electron chi connectivity index (χ3n) is 1.63. The topological polar surface area (TPSA) is 49.8 Å². The smallest absolute Gasteiger partial charge is 0.138 e. The molecule has 0 aliphatic heterocycles. The van der Waals surface area contributed by atoms with Crippen molar-refractivity contribution in [2.45, 2.75) is 11.3 Å². The lowest BCUT2D eigenvalue weighted by Crippen LogP contribution is -1.89. The third-order valence-corrected chi connectivity index (χ3v) is 2.61. The minimum absolute atomic E-state index is 0.652. The van der Waals surface area contributed by atoms with E-state index in [2.05, 4.69) is 27.8 Å². The van der Waals surface area contributed by atoms with Crippen LogP contribution in [-0.4, -0.2) is 5.33 Å². The first-order valence-corrected chi connectivity index (χ1v) is 6.22. The molecule has 0 atom stereocenters. The second-order valence-electron chi connectivity index (χ2n) is 2.68. The number of hydrogen-bond donors (Lipinski definition) is 1. The molecule has 0 aliphatic carbocycles. The van der Waals surface area contributed by atoms with E-state index in [1.165, 1.54) is 0 Å². The Balaban J connectivity index is 2.92. The highest BCUT2D eigenvalue weighted by molar-refractivity contribution is 9.09. The average Bonchev–Trinajstić information content (AvgIpc) is 2.23. The predicted octanol–water partition coefficient (Wildman–Crippen LogP) is 2.98. The first-order chi connectivity index (χ1) is 7.27. The molecule has 0 saturated carbocycles. The molecule has 1 aromatic rings. The van der Waals surface area contributed by atoms with Crippen molar-refractivity contribution in [1.82, 2.24) is 0 Å². The zero-order chi connectivity index (χ0) is 11.1. The minimum Gasteiger partial charge on any atom is -0.398 e. The Kier molecular flexibility index (Phi) is 5.10. The lowest BCUT2D eigenvalue weighted by atomic mass is 10.2. The summed E-state index contributed by atoms with van der Waals surface area (Å²) in [5.41, 5.74) is 7.20. The van der Waals surface area contributed by atoms with Crippen LogP contribution in [0.5, 0.6) is 0 Å². The van der Waals surface area contributed by atoms with Crippen LogP contribution < -0.4 is 5.73 Å². The van der Waals surface area contributed by atoms with Gasteiger partial charge in [-0.3, -0.25) is 0 Å². The third kappa shape index (κ3) is 3.87. The number of anilines is 1. The minimum atomic E-state index is 0.652.